The van der Waals surface area contributed by atoms with E-state index in [1.165, 1.54) is 17.8 Å². The van der Waals surface area contributed by atoms with E-state index >= 15 is 0 Å². The van der Waals surface area contributed by atoms with E-state index in [-0.39, 0.29) is 11.7 Å². The largest absolute Gasteiger partial charge is 0.369 e. The molecule has 2 aromatic carbocycles. The number of nitrogens with zero attached hydrogens (tertiary/aromatic N) is 2. The van der Waals surface area contributed by atoms with Gasteiger partial charge in [0.15, 0.2) is 0 Å². The SMILES string of the molecule is Cc1cc(-c2ccc3ccccc3c2)sc1[C@]1(C)CS(=O)(=O)N(C)C(N)=N1. The normalized spacial score (nSPS) is 22.0. The first-order valence-electron chi connectivity index (χ1n) is 8.62. The molecule has 27 heavy (non-hydrogen) atoms. The summed E-state index contributed by atoms with van der Waals surface area (Å²) in [6.07, 6.45) is 0. The highest BCUT2D eigenvalue weighted by Gasteiger charge is 2.42. The number of fused-ring (bicyclic) bond motifs is 1. The molecule has 0 bridgehead atoms. The maximum Gasteiger partial charge on any atom is 0.239 e. The van der Waals surface area contributed by atoms with Gasteiger partial charge in [0.2, 0.25) is 16.0 Å². The summed E-state index contributed by atoms with van der Waals surface area (Å²) in [4.78, 5) is 6.56. The zero-order chi connectivity index (χ0) is 19.4. The second-order valence-electron chi connectivity index (χ2n) is 7.15. The lowest BCUT2D eigenvalue weighted by atomic mass is 10.00. The molecule has 0 saturated carbocycles. The van der Waals surface area contributed by atoms with Gasteiger partial charge in [0, 0.05) is 16.8 Å². The second kappa shape index (κ2) is 6.07. The van der Waals surface area contributed by atoms with Gasteiger partial charge in [0.05, 0.1) is 5.75 Å². The predicted molar refractivity (Wildman–Crippen MR) is 113 cm³/mol. The molecule has 0 unspecified atom stereocenters. The number of hydrogen-bond acceptors (Lipinski definition) is 5. The van der Waals surface area contributed by atoms with Crippen molar-refractivity contribution in [2.75, 3.05) is 12.8 Å². The fourth-order valence-corrected chi connectivity index (χ4v) is 6.36. The third-order valence-electron chi connectivity index (χ3n) is 5.01. The van der Waals surface area contributed by atoms with Gasteiger partial charge in [-0.25, -0.2) is 17.7 Å². The van der Waals surface area contributed by atoms with Gasteiger partial charge < -0.3 is 5.73 Å². The van der Waals surface area contributed by atoms with Gasteiger partial charge in [-0.2, -0.15) is 0 Å². The average Bonchev–Trinajstić information content (AvgIpc) is 3.01. The molecule has 2 heterocycles. The summed E-state index contributed by atoms with van der Waals surface area (Å²) in [6, 6.07) is 16.7. The van der Waals surface area contributed by atoms with Crippen LogP contribution < -0.4 is 5.73 Å². The number of hydrogen-bond donors (Lipinski definition) is 1. The molecule has 0 aliphatic carbocycles. The van der Waals surface area contributed by atoms with Gasteiger partial charge >= 0.3 is 0 Å². The minimum Gasteiger partial charge on any atom is -0.369 e. The van der Waals surface area contributed by atoms with Crippen LogP contribution in [0.15, 0.2) is 53.5 Å². The first kappa shape index (κ1) is 18.0. The number of nitrogens with two attached hydrogens (primary N) is 1. The smallest absolute Gasteiger partial charge is 0.239 e. The first-order chi connectivity index (χ1) is 12.7. The summed E-state index contributed by atoms with van der Waals surface area (Å²) in [5.74, 6) is -0.0563. The molecule has 4 rings (SSSR count). The molecule has 7 heteroatoms. The first-order valence-corrected chi connectivity index (χ1v) is 11.0. The number of sulfonamides is 1. The van der Waals surface area contributed by atoms with E-state index in [1.54, 1.807) is 11.3 Å². The second-order valence-corrected chi connectivity index (χ2v) is 10.2. The molecule has 0 fully saturated rings. The highest BCUT2D eigenvalue weighted by molar-refractivity contribution is 7.89. The molecule has 1 aliphatic rings. The van der Waals surface area contributed by atoms with Crippen LogP contribution in [0, 0.1) is 6.92 Å². The summed E-state index contributed by atoms with van der Waals surface area (Å²) in [5.41, 5.74) is 7.17. The molecule has 0 radical (unpaired) electrons. The molecule has 5 nitrogen and oxygen atoms in total. The number of aliphatic imine (C=N–C) groups is 1. The number of benzene rings is 2. The molecular formula is C20H21N3O2S2. The van der Waals surface area contributed by atoms with Crippen LogP contribution in [-0.4, -0.2) is 31.5 Å². The topological polar surface area (TPSA) is 75.8 Å². The van der Waals surface area contributed by atoms with Crippen LogP contribution in [0.1, 0.15) is 17.4 Å². The van der Waals surface area contributed by atoms with Crippen molar-refractivity contribution in [3.8, 4) is 10.4 Å². The summed E-state index contributed by atoms with van der Waals surface area (Å²) in [7, 11) is -2.04. The number of rotatable bonds is 2. The standard InChI is InChI=1S/C20H21N3O2S2/c1-13-10-17(16-9-8-14-6-4-5-7-15(14)11-16)26-18(13)20(2)12-27(24,25)23(3)19(21)22-20/h4-11H,12H2,1-3H3,(H2,21,22)/t20-/m0/s1. The van der Waals surface area contributed by atoms with Crippen molar-refractivity contribution < 1.29 is 8.42 Å². The van der Waals surface area contributed by atoms with Gasteiger partial charge in [0.25, 0.3) is 0 Å². The van der Waals surface area contributed by atoms with Crippen LogP contribution in [0.2, 0.25) is 0 Å². The van der Waals surface area contributed by atoms with Crippen LogP contribution >= 0.6 is 11.3 Å². The summed E-state index contributed by atoms with van der Waals surface area (Å²) in [6.45, 7) is 3.84. The van der Waals surface area contributed by atoms with Gasteiger partial charge in [-0.1, -0.05) is 36.4 Å². The fourth-order valence-electron chi connectivity index (χ4n) is 3.57. The third-order valence-corrected chi connectivity index (χ3v) is 8.49. The van der Waals surface area contributed by atoms with E-state index in [1.807, 2.05) is 26.0 Å². The van der Waals surface area contributed by atoms with Crippen molar-refractivity contribution in [2.24, 2.45) is 10.7 Å². The Kier molecular flexibility index (Phi) is 4.05. The van der Waals surface area contributed by atoms with Crippen LogP contribution in [-0.2, 0) is 15.6 Å². The van der Waals surface area contributed by atoms with Crippen molar-refractivity contribution in [1.82, 2.24) is 4.31 Å². The van der Waals surface area contributed by atoms with Gasteiger partial charge in [0.1, 0.15) is 5.54 Å². The minimum atomic E-state index is -3.48. The van der Waals surface area contributed by atoms with E-state index in [0.29, 0.717) is 0 Å². The van der Waals surface area contributed by atoms with Crippen LogP contribution in [0.25, 0.3) is 21.2 Å². The predicted octanol–water partition coefficient (Wildman–Crippen LogP) is 3.68. The Morgan fingerprint density at radius 3 is 2.56 bits per heavy atom. The van der Waals surface area contributed by atoms with Crippen LogP contribution in [0.4, 0.5) is 0 Å². The van der Waals surface area contributed by atoms with Crippen molar-refractivity contribution in [1.29, 1.82) is 0 Å². The number of aryl methyl sites for hydroxylation is 1. The number of thiophene rings is 1. The summed E-state index contributed by atoms with van der Waals surface area (Å²) >= 11 is 1.58. The van der Waals surface area contributed by atoms with E-state index in [0.717, 1.165) is 25.2 Å². The maximum atomic E-state index is 12.5. The molecule has 2 N–H and O–H groups in total. The number of guanidine groups is 1. The van der Waals surface area contributed by atoms with E-state index in [9.17, 15) is 8.42 Å². The van der Waals surface area contributed by atoms with Crippen molar-refractivity contribution in [3.05, 3.63) is 59.0 Å². The highest BCUT2D eigenvalue weighted by Crippen LogP contribution is 2.42. The highest BCUT2D eigenvalue weighted by atomic mass is 32.2. The molecule has 0 saturated heterocycles. The molecule has 1 aliphatic heterocycles. The lowest BCUT2D eigenvalue weighted by Gasteiger charge is -2.34. The Morgan fingerprint density at radius 1 is 1.15 bits per heavy atom. The van der Waals surface area contributed by atoms with Crippen molar-refractivity contribution >= 4 is 38.1 Å². The van der Waals surface area contributed by atoms with Crippen molar-refractivity contribution in [2.45, 2.75) is 19.4 Å². The van der Waals surface area contributed by atoms with E-state index in [2.05, 4.69) is 41.4 Å². The monoisotopic (exact) mass is 399 g/mol. The Hall–Kier alpha value is -2.38. The van der Waals surface area contributed by atoms with Gasteiger partial charge in [-0.3, -0.25) is 0 Å². The van der Waals surface area contributed by atoms with E-state index in [4.69, 9.17) is 5.73 Å². The molecule has 3 aromatic rings. The molecule has 1 aromatic heterocycles. The Balaban J connectivity index is 1.81. The Morgan fingerprint density at radius 2 is 1.85 bits per heavy atom. The van der Waals surface area contributed by atoms with Gasteiger partial charge in [-0.05, 0) is 47.9 Å². The van der Waals surface area contributed by atoms with Crippen LogP contribution in [0.3, 0.4) is 0 Å². The van der Waals surface area contributed by atoms with Gasteiger partial charge in [-0.15, -0.1) is 11.3 Å². The van der Waals surface area contributed by atoms with Crippen LogP contribution in [0.5, 0.6) is 0 Å². The average molecular weight is 400 g/mol. The fraction of sp³-hybridized carbons (Fsp3) is 0.250. The third kappa shape index (κ3) is 3.00. The van der Waals surface area contributed by atoms with Crippen molar-refractivity contribution in [3.63, 3.8) is 0 Å². The molecule has 0 amide bonds. The zero-order valence-electron chi connectivity index (χ0n) is 15.4. The summed E-state index contributed by atoms with van der Waals surface area (Å²) in [5, 5.41) is 2.37. The molecule has 140 valence electrons. The minimum absolute atomic E-state index is 0.0313. The lowest BCUT2D eigenvalue weighted by Crippen LogP contribution is -2.50. The Labute approximate surface area is 163 Å². The maximum absolute atomic E-state index is 12.5. The Bertz CT molecular complexity index is 1180. The lowest BCUT2D eigenvalue weighted by molar-refractivity contribution is 0.481. The molecule has 1 atom stereocenters. The molecule has 0 spiro atoms. The van der Waals surface area contributed by atoms with E-state index < -0.39 is 15.6 Å². The quantitative estimate of drug-likeness (QED) is 0.714. The molecular weight excluding hydrogens is 378 g/mol. The summed E-state index contributed by atoms with van der Waals surface area (Å²) < 4.78 is 26.0. The zero-order valence-corrected chi connectivity index (χ0v) is 17.1.